The molecule has 5 heteroatoms. The summed E-state index contributed by atoms with van der Waals surface area (Å²) < 4.78 is 18.2. The number of carboxylic acid groups (broad SMARTS) is 1. The molecule has 0 bridgehead atoms. The van der Waals surface area contributed by atoms with Crippen molar-refractivity contribution in [3.05, 3.63) is 29.6 Å². The van der Waals surface area contributed by atoms with Crippen molar-refractivity contribution in [1.82, 2.24) is 0 Å². The van der Waals surface area contributed by atoms with Crippen LogP contribution in [0, 0.1) is 5.82 Å². The van der Waals surface area contributed by atoms with Gasteiger partial charge in [-0.05, 0) is 37.6 Å². The van der Waals surface area contributed by atoms with Gasteiger partial charge in [0.25, 0.3) is 0 Å². The summed E-state index contributed by atoms with van der Waals surface area (Å²) in [5.41, 5.74) is 5.71. The fraction of sp³-hybridized carbons (Fsp3) is 0.417. The monoisotopic (exact) mass is 241 g/mol. The summed E-state index contributed by atoms with van der Waals surface area (Å²) in [4.78, 5) is 11.2. The van der Waals surface area contributed by atoms with Gasteiger partial charge >= 0.3 is 5.97 Å². The Kier molecular flexibility index (Phi) is 4.90. The molecule has 17 heavy (non-hydrogen) atoms. The van der Waals surface area contributed by atoms with Crippen LogP contribution in [0.1, 0.15) is 24.3 Å². The minimum atomic E-state index is -0.998. The fourth-order valence-corrected chi connectivity index (χ4v) is 1.71. The van der Waals surface area contributed by atoms with Crippen LogP contribution in [-0.4, -0.2) is 24.7 Å². The van der Waals surface area contributed by atoms with Crippen molar-refractivity contribution < 1.29 is 19.0 Å². The Labute approximate surface area is 99.2 Å². The standard InChI is InChI=1S/C12H16FNO3/c1-17-11-5-4-8(13)7-10(11)9(12(15)16)3-2-6-14/h4-5,7,9H,2-3,6,14H2,1H3,(H,15,16). The molecule has 0 saturated heterocycles. The molecule has 4 nitrogen and oxygen atoms in total. The van der Waals surface area contributed by atoms with Crippen LogP contribution < -0.4 is 10.5 Å². The van der Waals surface area contributed by atoms with Gasteiger partial charge in [0.15, 0.2) is 0 Å². The maximum Gasteiger partial charge on any atom is 0.311 e. The molecule has 94 valence electrons. The molecule has 0 aliphatic heterocycles. The SMILES string of the molecule is COc1ccc(F)cc1C(CCCN)C(=O)O. The normalized spacial score (nSPS) is 12.2. The van der Waals surface area contributed by atoms with Crippen molar-refractivity contribution in [3.8, 4) is 5.75 Å². The fourth-order valence-electron chi connectivity index (χ4n) is 1.71. The molecule has 0 fully saturated rings. The Balaban J connectivity index is 3.07. The van der Waals surface area contributed by atoms with Crippen molar-refractivity contribution in [3.63, 3.8) is 0 Å². The number of hydrogen-bond acceptors (Lipinski definition) is 3. The molecule has 0 spiro atoms. The Hall–Kier alpha value is -1.62. The van der Waals surface area contributed by atoms with Crippen LogP contribution >= 0.6 is 0 Å². The van der Waals surface area contributed by atoms with Crippen LogP contribution in [0.3, 0.4) is 0 Å². The van der Waals surface area contributed by atoms with Crippen LogP contribution in [0.25, 0.3) is 0 Å². The van der Waals surface area contributed by atoms with E-state index in [9.17, 15) is 9.18 Å². The minimum absolute atomic E-state index is 0.355. The van der Waals surface area contributed by atoms with E-state index in [-0.39, 0.29) is 0 Å². The van der Waals surface area contributed by atoms with E-state index in [1.165, 1.54) is 25.3 Å². The zero-order valence-electron chi connectivity index (χ0n) is 9.65. The first kappa shape index (κ1) is 13.4. The number of aliphatic carboxylic acids is 1. The summed E-state index contributed by atoms with van der Waals surface area (Å²) in [7, 11) is 1.43. The van der Waals surface area contributed by atoms with Crippen molar-refractivity contribution in [1.29, 1.82) is 0 Å². The smallest absolute Gasteiger partial charge is 0.311 e. The van der Waals surface area contributed by atoms with Gasteiger partial charge in [0.2, 0.25) is 0 Å². The molecule has 0 radical (unpaired) electrons. The van der Waals surface area contributed by atoms with Gasteiger partial charge in [-0.3, -0.25) is 4.79 Å². The largest absolute Gasteiger partial charge is 0.496 e. The average Bonchev–Trinajstić information content (AvgIpc) is 2.29. The summed E-state index contributed by atoms with van der Waals surface area (Å²) in [6, 6.07) is 3.88. The molecule has 0 amide bonds. The van der Waals surface area contributed by atoms with Crippen molar-refractivity contribution >= 4 is 5.97 Å². The number of benzene rings is 1. The number of halogens is 1. The summed E-state index contributed by atoms with van der Waals surface area (Å²) in [6.45, 7) is 0.404. The van der Waals surface area contributed by atoms with E-state index >= 15 is 0 Å². The van der Waals surface area contributed by atoms with Gasteiger partial charge in [0.05, 0.1) is 13.0 Å². The van der Waals surface area contributed by atoms with Gasteiger partial charge in [-0.25, -0.2) is 4.39 Å². The molecular formula is C12H16FNO3. The Morgan fingerprint density at radius 1 is 1.59 bits per heavy atom. The second-order valence-corrected chi connectivity index (χ2v) is 3.71. The first-order valence-corrected chi connectivity index (χ1v) is 5.36. The Morgan fingerprint density at radius 2 is 2.29 bits per heavy atom. The van der Waals surface area contributed by atoms with E-state index in [1.807, 2.05) is 0 Å². The zero-order valence-corrected chi connectivity index (χ0v) is 9.65. The van der Waals surface area contributed by atoms with Gasteiger partial charge in [-0.15, -0.1) is 0 Å². The maximum absolute atomic E-state index is 13.2. The molecule has 1 aromatic rings. The summed E-state index contributed by atoms with van der Waals surface area (Å²) in [6.07, 6.45) is 0.933. The van der Waals surface area contributed by atoms with Gasteiger partial charge in [0.1, 0.15) is 11.6 Å². The topological polar surface area (TPSA) is 72.5 Å². The van der Waals surface area contributed by atoms with Crippen LogP contribution in [0.4, 0.5) is 4.39 Å². The lowest BCUT2D eigenvalue weighted by Gasteiger charge is -2.15. The summed E-state index contributed by atoms with van der Waals surface area (Å²) in [5.74, 6) is -1.87. The highest BCUT2D eigenvalue weighted by Crippen LogP contribution is 2.30. The van der Waals surface area contributed by atoms with Gasteiger partial charge in [-0.1, -0.05) is 0 Å². The Bertz CT molecular complexity index is 395. The average molecular weight is 241 g/mol. The molecule has 0 aromatic heterocycles. The lowest BCUT2D eigenvalue weighted by Crippen LogP contribution is -2.14. The molecule has 1 aromatic carbocycles. The molecular weight excluding hydrogens is 225 g/mol. The molecule has 0 heterocycles. The number of carboxylic acids is 1. The molecule has 1 unspecified atom stereocenters. The number of methoxy groups -OCH3 is 1. The molecule has 0 saturated carbocycles. The van der Waals surface area contributed by atoms with E-state index in [0.29, 0.717) is 30.7 Å². The zero-order chi connectivity index (χ0) is 12.8. The maximum atomic E-state index is 13.2. The van der Waals surface area contributed by atoms with Gasteiger partial charge in [0, 0.05) is 5.56 Å². The number of ether oxygens (including phenoxy) is 1. The van der Waals surface area contributed by atoms with E-state index in [1.54, 1.807) is 0 Å². The lowest BCUT2D eigenvalue weighted by molar-refractivity contribution is -0.139. The molecule has 1 rings (SSSR count). The number of rotatable bonds is 6. The highest BCUT2D eigenvalue weighted by Gasteiger charge is 2.23. The predicted molar refractivity (Wildman–Crippen MR) is 61.6 cm³/mol. The van der Waals surface area contributed by atoms with Crippen LogP contribution in [0.2, 0.25) is 0 Å². The minimum Gasteiger partial charge on any atom is -0.496 e. The third-order valence-corrected chi connectivity index (χ3v) is 2.56. The highest BCUT2D eigenvalue weighted by atomic mass is 19.1. The van der Waals surface area contributed by atoms with E-state index in [0.717, 1.165) is 0 Å². The van der Waals surface area contributed by atoms with Crippen molar-refractivity contribution in [2.45, 2.75) is 18.8 Å². The van der Waals surface area contributed by atoms with Crippen LogP contribution in [0.5, 0.6) is 5.75 Å². The summed E-state index contributed by atoms with van der Waals surface area (Å²) in [5, 5.41) is 9.15. The predicted octanol–water partition coefficient (Wildman–Crippen LogP) is 1.74. The first-order chi connectivity index (χ1) is 8.10. The number of nitrogens with two attached hydrogens (primary N) is 1. The molecule has 1 atom stereocenters. The number of hydrogen-bond donors (Lipinski definition) is 2. The summed E-state index contributed by atoms with van der Waals surface area (Å²) >= 11 is 0. The highest BCUT2D eigenvalue weighted by molar-refractivity contribution is 5.77. The molecule has 0 aliphatic carbocycles. The Morgan fingerprint density at radius 3 is 2.82 bits per heavy atom. The lowest BCUT2D eigenvalue weighted by atomic mass is 9.93. The van der Waals surface area contributed by atoms with Crippen molar-refractivity contribution in [2.75, 3.05) is 13.7 Å². The van der Waals surface area contributed by atoms with Crippen LogP contribution in [-0.2, 0) is 4.79 Å². The molecule has 0 aliphatic rings. The van der Waals surface area contributed by atoms with Gasteiger partial charge in [-0.2, -0.15) is 0 Å². The van der Waals surface area contributed by atoms with Gasteiger partial charge < -0.3 is 15.6 Å². The van der Waals surface area contributed by atoms with Crippen molar-refractivity contribution in [2.24, 2.45) is 5.73 Å². The second-order valence-electron chi connectivity index (χ2n) is 3.71. The molecule has 3 N–H and O–H groups in total. The quantitative estimate of drug-likeness (QED) is 0.795. The third-order valence-electron chi connectivity index (χ3n) is 2.56. The van der Waals surface area contributed by atoms with E-state index < -0.39 is 17.7 Å². The van der Waals surface area contributed by atoms with E-state index in [2.05, 4.69) is 0 Å². The second kappa shape index (κ2) is 6.20. The third kappa shape index (κ3) is 3.42. The van der Waals surface area contributed by atoms with Crippen LogP contribution in [0.15, 0.2) is 18.2 Å². The van der Waals surface area contributed by atoms with E-state index in [4.69, 9.17) is 15.6 Å². The number of carbonyl (C=O) groups is 1. The first-order valence-electron chi connectivity index (χ1n) is 5.36.